The fourth-order valence-electron chi connectivity index (χ4n) is 3.77. The summed E-state index contributed by atoms with van der Waals surface area (Å²) < 4.78 is 12.8. The van der Waals surface area contributed by atoms with E-state index in [1.807, 2.05) is 83.8 Å². The van der Waals surface area contributed by atoms with E-state index in [0.717, 1.165) is 22.7 Å². The van der Waals surface area contributed by atoms with E-state index in [4.69, 9.17) is 9.47 Å². The van der Waals surface area contributed by atoms with Gasteiger partial charge in [0.05, 0.1) is 30.3 Å². The average molecular weight is 460 g/mol. The Balaban J connectivity index is 1.39. The van der Waals surface area contributed by atoms with Crippen molar-refractivity contribution < 1.29 is 14.3 Å². The van der Waals surface area contributed by atoms with Gasteiger partial charge in [0.1, 0.15) is 18.1 Å². The Hall–Kier alpha value is -3.85. The van der Waals surface area contributed by atoms with Gasteiger partial charge >= 0.3 is 0 Å². The van der Waals surface area contributed by atoms with E-state index in [9.17, 15) is 4.79 Å². The molecule has 0 bridgehead atoms. The molecule has 1 aliphatic rings. The van der Waals surface area contributed by atoms with E-state index in [1.54, 1.807) is 11.8 Å². The lowest BCUT2D eigenvalue weighted by atomic mass is 10.0. The second-order valence-electron chi connectivity index (χ2n) is 7.33. The topological polar surface area (TPSA) is 82.4 Å². The molecule has 8 nitrogen and oxygen atoms in total. The Morgan fingerprint density at radius 3 is 2.61 bits per heavy atom. The molecule has 2 heterocycles. The number of ether oxygens (including phenoxy) is 2. The molecule has 1 aromatic heterocycles. The normalized spacial score (nSPS) is 14.9. The predicted molar refractivity (Wildman–Crippen MR) is 125 cm³/mol. The average Bonchev–Trinajstić information content (AvgIpc) is 3.36. The highest BCUT2D eigenvalue weighted by molar-refractivity contribution is 7.99. The number of methoxy groups -OCH3 is 1. The first-order valence-electron chi connectivity index (χ1n) is 10.4. The van der Waals surface area contributed by atoms with Crippen LogP contribution >= 0.6 is 11.8 Å². The number of aromatic nitrogens is 4. The summed E-state index contributed by atoms with van der Waals surface area (Å²) in [6.07, 6.45) is 0. The van der Waals surface area contributed by atoms with E-state index >= 15 is 0 Å². The van der Waals surface area contributed by atoms with Crippen LogP contribution in [0.2, 0.25) is 0 Å². The third-order valence-electron chi connectivity index (χ3n) is 5.37. The van der Waals surface area contributed by atoms with Gasteiger partial charge in [0.15, 0.2) is 0 Å². The first-order chi connectivity index (χ1) is 16.2. The molecule has 0 radical (unpaired) electrons. The minimum absolute atomic E-state index is 0.0473. The maximum Gasteiger partial charge on any atom is 0.238 e. The van der Waals surface area contributed by atoms with Crippen molar-refractivity contribution in [3.8, 4) is 17.2 Å². The number of hydrogen-bond donors (Lipinski definition) is 0. The number of rotatable bonds is 6. The number of fused-ring (bicyclic) bond motifs is 1. The lowest BCUT2D eigenvalue weighted by Crippen LogP contribution is -2.42. The molecule has 1 amide bonds. The number of nitrogens with zero attached hydrogens (tertiary/aromatic N) is 5. The molecule has 166 valence electrons. The second kappa shape index (κ2) is 9.33. The number of benzene rings is 3. The molecule has 0 N–H and O–H groups in total. The van der Waals surface area contributed by atoms with Crippen LogP contribution in [0.4, 0.5) is 5.69 Å². The van der Waals surface area contributed by atoms with Gasteiger partial charge in [-0.1, -0.05) is 54.2 Å². The van der Waals surface area contributed by atoms with Gasteiger partial charge in [-0.2, -0.15) is 4.68 Å². The quantitative estimate of drug-likeness (QED) is 0.404. The zero-order valence-corrected chi connectivity index (χ0v) is 18.7. The van der Waals surface area contributed by atoms with Gasteiger partial charge in [-0.3, -0.25) is 9.69 Å². The lowest BCUT2D eigenvalue weighted by Gasteiger charge is -2.37. The summed E-state index contributed by atoms with van der Waals surface area (Å²) in [4.78, 5) is 15.3. The molecule has 33 heavy (non-hydrogen) atoms. The largest absolute Gasteiger partial charge is 0.497 e. The molecule has 4 aromatic rings. The molecule has 9 heteroatoms. The van der Waals surface area contributed by atoms with E-state index in [0.29, 0.717) is 17.5 Å². The summed E-state index contributed by atoms with van der Waals surface area (Å²) >= 11 is 1.30. The smallest absolute Gasteiger partial charge is 0.238 e. The summed E-state index contributed by atoms with van der Waals surface area (Å²) in [6, 6.07) is 24.7. The summed E-state index contributed by atoms with van der Waals surface area (Å²) in [6.45, 7) is 0.390. The van der Waals surface area contributed by atoms with Crippen molar-refractivity contribution in [1.29, 1.82) is 0 Å². The number of tetrazole rings is 1. The predicted octanol–water partition coefficient (Wildman–Crippen LogP) is 3.93. The first kappa shape index (κ1) is 21.0. The minimum Gasteiger partial charge on any atom is -0.497 e. The van der Waals surface area contributed by atoms with Crippen molar-refractivity contribution in [2.45, 2.75) is 11.2 Å². The molecule has 0 aliphatic carbocycles. The van der Waals surface area contributed by atoms with Crippen molar-refractivity contribution in [1.82, 2.24) is 20.2 Å². The molecule has 1 atom stereocenters. The highest BCUT2D eigenvalue weighted by atomic mass is 32.2. The number of para-hydroxylation sites is 2. The van der Waals surface area contributed by atoms with Gasteiger partial charge in [-0.25, -0.2) is 0 Å². The Labute approximate surface area is 195 Å². The van der Waals surface area contributed by atoms with Crippen LogP contribution in [0.5, 0.6) is 11.5 Å². The van der Waals surface area contributed by atoms with Crippen molar-refractivity contribution >= 4 is 23.4 Å². The van der Waals surface area contributed by atoms with Crippen molar-refractivity contribution in [3.05, 3.63) is 84.4 Å². The molecular weight excluding hydrogens is 438 g/mol. The van der Waals surface area contributed by atoms with Gasteiger partial charge in [0.2, 0.25) is 11.1 Å². The third-order valence-corrected chi connectivity index (χ3v) is 6.27. The Kier molecular flexibility index (Phi) is 5.95. The Morgan fingerprint density at radius 1 is 1.06 bits per heavy atom. The van der Waals surface area contributed by atoms with E-state index < -0.39 is 0 Å². The van der Waals surface area contributed by atoms with Gasteiger partial charge in [0, 0.05) is 0 Å². The summed E-state index contributed by atoms with van der Waals surface area (Å²) in [5.41, 5.74) is 2.57. The molecule has 0 fully saturated rings. The fourth-order valence-corrected chi connectivity index (χ4v) is 4.52. The lowest BCUT2D eigenvalue weighted by molar-refractivity contribution is -0.117. The number of hydrogen-bond acceptors (Lipinski definition) is 7. The van der Waals surface area contributed by atoms with Crippen LogP contribution in [0.25, 0.3) is 5.69 Å². The van der Waals surface area contributed by atoms with Gasteiger partial charge in [0.25, 0.3) is 0 Å². The Morgan fingerprint density at radius 2 is 1.82 bits per heavy atom. The summed E-state index contributed by atoms with van der Waals surface area (Å²) in [5.74, 6) is 1.57. The maximum atomic E-state index is 13.5. The Bertz CT molecular complexity index is 1250. The molecule has 3 aromatic carbocycles. The van der Waals surface area contributed by atoms with E-state index in [2.05, 4.69) is 15.5 Å². The highest BCUT2D eigenvalue weighted by Crippen LogP contribution is 2.39. The standard InChI is InChI=1S/C24H21N5O3S/c1-31-19-13-11-18(12-14-19)29-24(25-26-27-29)33-16-23(30)28-20-9-5-6-10-22(20)32-15-21(28)17-7-3-2-4-8-17/h2-14,21H,15-16H2,1H3/t21-/m1/s1. The fraction of sp³-hybridized carbons (Fsp3) is 0.167. The zero-order chi connectivity index (χ0) is 22.6. The van der Waals surface area contributed by atoms with Gasteiger partial charge in [-0.05, 0) is 52.4 Å². The molecule has 0 spiro atoms. The minimum atomic E-state index is -0.216. The van der Waals surface area contributed by atoms with Crippen LogP contribution in [0.15, 0.2) is 84.0 Å². The van der Waals surface area contributed by atoms with E-state index in [-0.39, 0.29) is 17.7 Å². The first-order valence-corrected chi connectivity index (χ1v) is 11.4. The van der Waals surface area contributed by atoms with Gasteiger partial charge in [-0.15, -0.1) is 5.10 Å². The summed E-state index contributed by atoms with van der Waals surface area (Å²) in [7, 11) is 1.62. The van der Waals surface area contributed by atoms with Crippen LogP contribution in [0.3, 0.4) is 0 Å². The second-order valence-corrected chi connectivity index (χ2v) is 8.27. The zero-order valence-electron chi connectivity index (χ0n) is 17.9. The van der Waals surface area contributed by atoms with Crippen LogP contribution in [-0.4, -0.2) is 45.6 Å². The van der Waals surface area contributed by atoms with Crippen LogP contribution in [0.1, 0.15) is 11.6 Å². The number of amides is 1. The van der Waals surface area contributed by atoms with Crippen LogP contribution in [-0.2, 0) is 4.79 Å². The molecule has 0 unspecified atom stereocenters. The number of carbonyl (C=O) groups is 1. The van der Waals surface area contributed by atoms with Crippen molar-refractivity contribution in [2.75, 3.05) is 24.4 Å². The van der Waals surface area contributed by atoms with E-state index in [1.165, 1.54) is 11.8 Å². The highest BCUT2D eigenvalue weighted by Gasteiger charge is 2.33. The SMILES string of the molecule is COc1ccc(-n2nnnc2SCC(=O)N2c3ccccc3OC[C@@H]2c2ccccc2)cc1. The molecule has 0 saturated heterocycles. The molecule has 5 rings (SSSR count). The van der Waals surface area contributed by atoms with Gasteiger partial charge < -0.3 is 9.47 Å². The number of anilines is 1. The molecule has 0 saturated carbocycles. The number of carbonyl (C=O) groups excluding carboxylic acids is 1. The molecule has 1 aliphatic heterocycles. The summed E-state index contributed by atoms with van der Waals surface area (Å²) in [5, 5.41) is 12.5. The van der Waals surface area contributed by atoms with Crippen molar-refractivity contribution in [3.63, 3.8) is 0 Å². The van der Waals surface area contributed by atoms with Crippen LogP contribution < -0.4 is 14.4 Å². The third kappa shape index (κ3) is 4.27. The number of thioether (sulfide) groups is 1. The molecular formula is C24H21N5O3S. The maximum absolute atomic E-state index is 13.5. The van der Waals surface area contributed by atoms with Crippen molar-refractivity contribution in [2.24, 2.45) is 0 Å². The monoisotopic (exact) mass is 459 g/mol. The van der Waals surface area contributed by atoms with Crippen LogP contribution in [0, 0.1) is 0 Å².